The molecule has 1 aliphatic rings. The Hall–Kier alpha value is -1.37. The summed E-state index contributed by atoms with van der Waals surface area (Å²) in [6.45, 7) is 1.27. The Kier molecular flexibility index (Phi) is 4.74. The number of benzene rings is 1. The lowest BCUT2D eigenvalue weighted by molar-refractivity contribution is 0.111. The molecule has 18 heavy (non-hydrogen) atoms. The Morgan fingerprint density at radius 1 is 1.39 bits per heavy atom. The fourth-order valence-corrected chi connectivity index (χ4v) is 1.62. The Balaban J connectivity index is 1.99. The lowest BCUT2D eigenvalue weighted by Crippen LogP contribution is -1.99. The third-order valence-corrected chi connectivity index (χ3v) is 2.84. The van der Waals surface area contributed by atoms with E-state index in [4.69, 9.17) is 9.84 Å². The molecule has 1 fully saturated rings. The Morgan fingerprint density at radius 2 is 2.22 bits per heavy atom. The van der Waals surface area contributed by atoms with Crippen LogP contribution in [0.5, 0.6) is 0 Å². The van der Waals surface area contributed by atoms with E-state index < -0.39 is 0 Å². The lowest BCUT2D eigenvalue weighted by atomic mass is 10.1. The Bertz CT molecular complexity index is 455. The van der Waals surface area contributed by atoms with Crippen LogP contribution >= 0.6 is 0 Å². The molecule has 0 aromatic heterocycles. The average Bonchev–Trinajstić information content (AvgIpc) is 3.16. The first kappa shape index (κ1) is 13.1. The fraction of sp³-hybridized carbons (Fsp3) is 0.467. The van der Waals surface area contributed by atoms with Gasteiger partial charge < -0.3 is 9.84 Å². The normalized spacial score (nSPS) is 14.1. The summed E-state index contributed by atoms with van der Waals surface area (Å²) < 4.78 is 18.7. The van der Waals surface area contributed by atoms with Crippen LogP contribution in [0.25, 0.3) is 0 Å². The molecule has 0 amide bonds. The minimum absolute atomic E-state index is 0.0236. The molecule has 0 radical (unpaired) electrons. The molecule has 0 unspecified atom stereocenters. The first-order chi connectivity index (χ1) is 8.79. The Labute approximate surface area is 107 Å². The zero-order chi connectivity index (χ0) is 12.8. The first-order valence-corrected chi connectivity index (χ1v) is 6.25. The number of rotatable bonds is 5. The summed E-state index contributed by atoms with van der Waals surface area (Å²) in [5, 5.41) is 8.68. The van der Waals surface area contributed by atoms with Crippen LogP contribution in [0.15, 0.2) is 18.2 Å². The number of aliphatic hydroxyl groups is 1. The SMILES string of the molecule is OCCC#Cc1cc(F)ccc1COCC1CC1. The molecule has 1 aromatic rings. The van der Waals surface area contributed by atoms with E-state index in [1.165, 1.54) is 25.0 Å². The van der Waals surface area contributed by atoms with Gasteiger partial charge in [-0.05, 0) is 36.5 Å². The maximum absolute atomic E-state index is 13.2. The van der Waals surface area contributed by atoms with E-state index in [0.717, 1.165) is 18.1 Å². The van der Waals surface area contributed by atoms with Crippen LogP contribution in [0.3, 0.4) is 0 Å². The first-order valence-electron chi connectivity index (χ1n) is 6.25. The van der Waals surface area contributed by atoms with Gasteiger partial charge in [0, 0.05) is 18.6 Å². The van der Waals surface area contributed by atoms with E-state index in [9.17, 15) is 4.39 Å². The standard InChI is InChI=1S/C15H17FO2/c16-15-7-6-14(11-18-10-12-4-5-12)13(9-15)3-1-2-8-17/h6-7,9,12,17H,2,4-5,8,10-11H2. The maximum atomic E-state index is 13.2. The molecule has 1 N–H and O–H groups in total. The number of hydrogen-bond acceptors (Lipinski definition) is 2. The van der Waals surface area contributed by atoms with E-state index in [0.29, 0.717) is 18.6 Å². The topological polar surface area (TPSA) is 29.5 Å². The predicted molar refractivity (Wildman–Crippen MR) is 67.4 cm³/mol. The van der Waals surface area contributed by atoms with E-state index in [1.54, 1.807) is 6.07 Å². The van der Waals surface area contributed by atoms with Gasteiger partial charge >= 0.3 is 0 Å². The van der Waals surface area contributed by atoms with E-state index in [2.05, 4.69) is 11.8 Å². The summed E-state index contributed by atoms with van der Waals surface area (Å²) in [4.78, 5) is 0. The second-order valence-electron chi connectivity index (χ2n) is 4.54. The molecule has 0 atom stereocenters. The van der Waals surface area contributed by atoms with Crippen molar-refractivity contribution < 1.29 is 14.2 Å². The van der Waals surface area contributed by atoms with Gasteiger partial charge in [0.1, 0.15) is 5.82 Å². The molecule has 2 nitrogen and oxygen atoms in total. The molecule has 0 spiro atoms. The van der Waals surface area contributed by atoms with Gasteiger partial charge in [-0.15, -0.1) is 0 Å². The minimum Gasteiger partial charge on any atom is -0.395 e. The van der Waals surface area contributed by atoms with Gasteiger partial charge in [-0.2, -0.15) is 0 Å². The summed E-state index contributed by atoms with van der Waals surface area (Å²) in [5.41, 5.74) is 1.56. The van der Waals surface area contributed by atoms with Gasteiger partial charge in [0.2, 0.25) is 0 Å². The van der Waals surface area contributed by atoms with Crippen molar-refractivity contribution in [3.05, 3.63) is 35.1 Å². The van der Waals surface area contributed by atoms with Crippen LogP contribution in [0.1, 0.15) is 30.4 Å². The van der Waals surface area contributed by atoms with Gasteiger partial charge in [0.05, 0.1) is 13.2 Å². The summed E-state index contributed by atoms with van der Waals surface area (Å²) >= 11 is 0. The average molecular weight is 248 g/mol. The third-order valence-electron chi connectivity index (χ3n) is 2.84. The van der Waals surface area contributed by atoms with Gasteiger partial charge in [-0.3, -0.25) is 0 Å². The largest absolute Gasteiger partial charge is 0.395 e. The second kappa shape index (κ2) is 6.53. The van der Waals surface area contributed by atoms with Crippen molar-refractivity contribution in [2.75, 3.05) is 13.2 Å². The summed E-state index contributed by atoms with van der Waals surface area (Å²) in [6.07, 6.45) is 2.91. The molecule has 1 aromatic carbocycles. The van der Waals surface area contributed by atoms with Crippen LogP contribution in [-0.2, 0) is 11.3 Å². The molecule has 0 bridgehead atoms. The van der Waals surface area contributed by atoms with Crippen molar-refractivity contribution in [1.29, 1.82) is 0 Å². The quantitative estimate of drug-likeness (QED) is 0.811. The van der Waals surface area contributed by atoms with E-state index >= 15 is 0 Å². The van der Waals surface area contributed by atoms with Crippen LogP contribution in [-0.4, -0.2) is 18.3 Å². The highest BCUT2D eigenvalue weighted by Crippen LogP contribution is 2.29. The van der Waals surface area contributed by atoms with Crippen LogP contribution < -0.4 is 0 Å². The van der Waals surface area contributed by atoms with Gasteiger partial charge in [-0.1, -0.05) is 17.9 Å². The predicted octanol–water partition coefficient (Wildman–Crippen LogP) is 2.49. The molecule has 0 heterocycles. The van der Waals surface area contributed by atoms with Crippen molar-refractivity contribution in [1.82, 2.24) is 0 Å². The van der Waals surface area contributed by atoms with Crippen molar-refractivity contribution in [3.8, 4) is 11.8 Å². The monoisotopic (exact) mass is 248 g/mol. The van der Waals surface area contributed by atoms with Crippen molar-refractivity contribution in [2.24, 2.45) is 5.92 Å². The number of aliphatic hydroxyl groups excluding tert-OH is 1. The van der Waals surface area contributed by atoms with Crippen LogP contribution in [0.4, 0.5) is 4.39 Å². The van der Waals surface area contributed by atoms with Gasteiger partial charge in [-0.25, -0.2) is 4.39 Å². The number of halogens is 1. The molecular weight excluding hydrogens is 231 g/mol. The van der Waals surface area contributed by atoms with Crippen LogP contribution in [0, 0.1) is 23.6 Å². The molecule has 1 aliphatic carbocycles. The highest BCUT2D eigenvalue weighted by atomic mass is 19.1. The molecule has 2 rings (SSSR count). The summed E-state index contributed by atoms with van der Waals surface area (Å²) in [5.74, 6) is 6.11. The maximum Gasteiger partial charge on any atom is 0.124 e. The molecule has 0 saturated heterocycles. The van der Waals surface area contributed by atoms with Gasteiger partial charge in [0.25, 0.3) is 0 Å². The zero-order valence-corrected chi connectivity index (χ0v) is 10.3. The highest BCUT2D eigenvalue weighted by molar-refractivity contribution is 5.41. The van der Waals surface area contributed by atoms with E-state index in [1.807, 2.05) is 0 Å². The van der Waals surface area contributed by atoms with E-state index in [-0.39, 0.29) is 12.4 Å². The third kappa shape index (κ3) is 4.14. The van der Waals surface area contributed by atoms with Crippen molar-refractivity contribution >= 4 is 0 Å². The zero-order valence-electron chi connectivity index (χ0n) is 10.3. The molecule has 0 aliphatic heterocycles. The lowest BCUT2D eigenvalue weighted by Gasteiger charge is -2.06. The number of hydrogen-bond donors (Lipinski definition) is 1. The van der Waals surface area contributed by atoms with Crippen LogP contribution in [0.2, 0.25) is 0 Å². The smallest absolute Gasteiger partial charge is 0.124 e. The minimum atomic E-state index is -0.297. The van der Waals surface area contributed by atoms with Crippen molar-refractivity contribution in [2.45, 2.75) is 25.9 Å². The van der Waals surface area contributed by atoms with Crippen molar-refractivity contribution in [3.63, 3.8) is 0 Å². The second-order valence-corrected chi connectivity index (χ2v) is 4.54. The summed E-state index contributed by atoms with van der Waals surface area (Å²) in [6, 6.07) is 4.55. The van der Waals surface area contributed by atoms with Gasteiger partial charge in [0.15, 0.2) is 0 Å². The number of ether oxygens (including phenoxy) is 1. The molecule has 3 heteroatoms. The molecule has 96 valence electrons. The fourth-order valence-electron chi connectivity index (χ4n) is 1.62. The molecular formula is C15H17FO2. The summed E-state index contributed by atoms with van der Waals surface area (Å²) in [7, 11) is 0. The molecule has 1 saturated carbocycles. The Morgan fingerprint density at radius 3 is 2.94 bits per heavy atom. The highest BCUT2D eigenvalue weighted by Gasteiger charge is 2.21.